The van der Waals surface area contributed by atoms with Crippen molar-refractivity contribution >= 4 is 6.08 Å². The summed E-state index contributed by atoms with van der Waals surface area (Å²) in [5.41, 5.74) is -0.928. The van der Waals surface area contributed by atoms with Crippen molar-refractivity contribution in [2.24, 2.45) is 5.92 Å². The molecule has 2 unspecified atom stereocenters. The number of aryl methyl sites for hydroxylation is 1. The van der Waals surface area contributed by atoms with Crippen LogP contribution < -0.4 is 4.74 Å². The molecule has 0 spiro atoms. The number of hydrogen-bond donors (Lipinski definition) is 1. The van der Waals surface area contributed by atoms with E-state index in [0.29, 0.717) is 5.92 Å². The van der Waals surface area contributed by atoms with Gasteiger partial charge < -0.3 is 9.84 Å². The highest BCUT2D eigenvalue weighted by Gasteiger charge is 2.67. The normalized spacial score (nSPS) is 20.6. The predicted molar refractivity (Wildman–Crippen MR) is 109 cm³/mol. The third-order valence-electron chi connectivity index (χ3n) is 5.84. The highest BCUT2D eigenvalue weighted by atomic mass is 19.3. The van der Waals surface area contributed by atoms with Crippen molar-refractivity contribution in [3.8, 4) is 11.8 Å². The van der Waals surface area contributed by atoms with Gasteiger partial charge in [0.15, 0.2) is 5.60 Å². The monoisotopic (exact) mass is 397 g/mol. The second kappa shape index (κ2) is 7.61. The molecule has 2 aromatic rings. The van der Waals surface area contributed by atoms with Crippen LogP contribution in [0.25, 0.3) is 6.08 Å². The zero-order valence-corrected chi connectivity index (χ0v) is 17.1. The molecule has 152 valence electrons. The van der Waals surface area contributed by atoms with Crippen LogP contribution in [0.4, 0.5) is 8.78 Å². The number of ether oxygens (including phenoxy) is 1. The molecule has 0 saturated carbocycles. The van der Waals surface area contributed by atoms with Gasteiger partial charge in [-0.2, -0.15) is 14.0 Å². The number of methoxy groups -OCH3 is 1. The lowest BCUT2D eigenvalue weighted by Gasteiger charge is -2.47. The van der Waals surface area contributed by atoms with E-state index in [1.54, 1.807) is 12.1 Å². The van der Waals surface area contributed by atoms with Crippen LogP contribution in [0.5, 0.6) is 5.75 Å². The fourth-order valence-corrected chi connectivity index (χ4v) is 3.73. The van der Waals surface area contributed by atoms with Gasteiger partial charge in [0, 0.05) is 16.7 Å². The Balaban J connectivity index is 2.07. The molecule has 3 nitrogen and oxygen atoms in total. The Morgan fingerprint density at radius 3 is 2.55 bits per heavy atom. The van der Waals surface area contributed by atoms with Crippen molar-refractivity contribution in [1.82, 2.24) is 0 Å². The fourth-order valence-electron chi connectivity index (χ4n) is 3.73. The topological polar surface area (TPSA) is 53.2 Å². The Labute approximate surface area is 170 Å². The fraction of sp³-hybridized carbons (Fsp3) is 0.375. The third-order valence-corrected chi connectivity index (χ3v) is 5.84. The Morgan fingerprint density at radius 1 is 1.21 bits per heavy atom. The van der Waals surface area contributed by atoms with E-state index in [4.69, 9.17) is 10.00 Å². The number of alkyl halides is 2. The smallest absolute Gasteiger partial charge is 0.310 e. The average molecular weight is 397 g/mol. The molecular weight excluding hydrogens is 372 g/mol. The van der Waals surface area contributed by atoms with Gasteiger partial charge in [-0.15, -0.1) is 0 Å². The van der Waals surface area contributed by atoms with Crippen molar-refractivity contribution < 1.29 is 18.6 Å². The molecule has 0 radical (unpaired) electrons. The number of benzene rings is 2. The van der Waals surface area contributed by atoms with Crippen LogP contribution in [0.1, 0.15) is 60.1 Å². The van der Waals surface area contributed by atoms with Gasteiger partial charge in [-0.05, 0) is 54.7 Å². The predicted octanol–water partition coefficient (Wildman–Crippen LogP) is 5.67. The molecule has 2 aromatic carbocycles. The second-order valence-electron chi connectivity index (χ2n) is 7.72. The Bertz CT molecular complexity index is 1010. The largest absolute Gasteiger partial charge is 0.496 e. The van der Waals surface area contributed by atoms with E-state index in [2.05, 4.69) is 19.9 Å². The first-order valence-corrected chi connectivity index (χ1v) is 9.71. The number of allylic oxidation sites excluding steroid dienone is 1. The molecule has 1 N–H and O–H groups in total. The number of nitrogens with zero attached hydrogens (tertiary/aromatic N) is 1. The Morgan fingerprint density at radius 2 is 1.93 bits per heavy atom. The van der Waals surface area contributed by atoms with Crippen LogP contribution in [-0.4, -0.2) is 12.2 Å². The third kappa shape index (κ3) is 3.22. The van der Waals surface area contributed by atoms with Crippen LogP contribution in [0.3, 0.4) is 0 Å². The van der Waals surface area contributed by atoms with Crippen LogP contribution in [0.2, 0.25) is 0 Å². The Hall–Kier alpha value is -2.71. The van der Waals surface area contributed by atoms with Gasteiger partial charge in [0.2, 0.25) is 0 Å². The lowest BCUT2D eigenvalue weighted by Crippen LogP contribution is -2.54. The van der Waals surface area contributed by atoms with Crippen molar-refractivity contribution in [1.29, 1.82) is 5.26 Å². The Kier molecular flexibility index (Phi) is 5.51. The number of halogens is 2. The lowest BCUT2D eigenvalue weighted by atomic mass is 9.65. The standard InChI is InChI=1S/C24H25F2NO2/c1-5-15(2)7-6-8-18-13-22(29-4)21(11-16(18)3)23(28)19-10-9-17(14-27)12-20(19)24(23,25)26/h6,8-13,15,28H,5,7H2,1-4H3/b8-6+. The van der Waals surface area contributed by atoms with E-state index in [-0.39, 0.29) is 28.0 Å². The van der Waals surface area contributed by atoms with Gasteiger partial charge in [0.25, 0.3) is 0 Å². The summed E-state index contributed by atoms with van der Waals surface area (Å²) >= 11 is 0. The van der Waals surface area contributed by atoms with Gasteiger partial charge in [-0.25, -0.2) is 0 Å². The lowest BCUT2D eigenvalue weighted by molar-refractivity contribution is -0.202. The summed E-state index contributed by atoms with van der Waals surface area (Å²) in [6.45, 7) is 6.13. The summed E-state index contributed by atoms with van der Waals surface area (Å²) in [6.07, 6.45) is 6.04. The highest BCUT2D eigenvalue weighted by molar-refractivity contribution is 5.65. The minimum absolute atomic E-state index is 0.0267. The van der Waals surface area contributed by atoms with E-state index < -0.39 is 11.5 Å². The van der Waals surface area contributed by atoms with Gasteiger partial charge in [0.05, 0.1) is 18.7 Å². The number of fused-ring (bicyclic) bond motifs is 1. The van der Waals surface area contributed by atoms with Crippen molar-refractivity contribution in [2.75, 3.05) is 7.11 Å². The number of hydrogen-bond acceptors (Lipinski definition) is 3. The molecule has 2 atom stereocenters. The molecule has 0 amide bonds. The van der Waals surface area contributed by atoms with E-state index in [0.717, 1.165) is 30.0 Å². The van der Waals surface area contributed by atoms with Gasteiger partial charge in [-0.3, -0.25) is 0 Å². The molecular formula is C24H25F2NO2. The minimum Gasteiger partial charge on any atom is -0.496 e. The molecule has 0 aromatic heterocycles. The van der Waals surface area contributed by atoms with Crippen LogP contribution in [-0.2, 0) is 11.5 Å². The summed E-state index contributed by atoms with van der Waals surface area (Å²) in [4.78, 5) is 0. The first-order valence-electron chi connectivity index (χ1n) is 9.71. The maximum Gasteiger partial charge on any atom is 0.310 e. The molecule has 0 aliphatic heterocycles. The summed E-state index contributed by atoms with van der Waals surface area (Å²) in [7, 11) is 1.40. The second-order valence-corrected chi connectivity index (χ2v) is 7.72. The van der Waals surface area contributed by atoms with E-state index >= 15 is 8.78 Å². The van der Waals surface area contributed by atoms with Crippen LogP contribution in [0, 0.1) is 24.2 Å². The quantitative estimate of drug-likeness (QED) is 0.684. The molecule has 0 bridgehead atoms. The number of rotatable bonds is 6. The summed E-state index contributed by atoms with van der Waals surface area (Å²) in [6, 6.07) is 9.07. The molecule has 0 fully saturated rings. The van der Waals surface area contributed by atoms with Gasteiger partial charge in [0.1, 0.15) is 5.75 Å². The highest BCUT2D eigenvalue weighted by Crippen LogP contribution is 2.61. The zero-order valence-electron chi connectivity index (χ0n) is 17.1. The van der Waals surface area contributed by atoms with Crippen LogP contribution >= 0.6 is 0 Å². The molecule has 1 aliphatic rings. The minimum atomic E-state index is -3.52. The maximum absolute atomic E-state index is 15.0. The summed E-state index contributed by atoms with van der Waals surface area (Å²) in [5.74, 6) is -2.75. The van der Waals surface area contributed by atoms with E-state index in [9.17, 15) is 5.11 Å². The zero-order chi connectivity index (χ0) is 21.4. The summed E-state index contributed by atoms with van der Waals surface area (Å²) in [5, 5.41) is 20.1. The van der Waals surface area contributed by atoms with Crippen molar-refractivity contribution in [2.45, 2.75) is 45.1 Å². The molecule has 0 saturated heterocycles. The van der Waals surface area contributed by atoms with Gasteiger partial charge in [-0.1, -0.05) is 38.5 Å². The SMILES string of the molecule is CCC(C)C/C=C/c1cc(OC)c(C2(O)c3ccc(C#N)cc3C2(F)F)cc1C. The maximum atomic E-state index is 15.0. The van der Waals surface area contributed by atoms with Crippen LogP contribution in [0.15, 0.2) is 36.4 Å². The molecule has 5 heteroatoms. The van der Waals surface area contributed by atoms with Crippen molar-refractivity contribution in [3.63, 3.8) is 0 Å². The number of nitriles is 1. The number of aliphatic hydroxyl groups is 1. The van der Waals surface area contributed by atoms with Gasteiger partial charge >= 0.3 is 5.92 Å². The van der Waals surface area contributed by atoms with Crippen molar-refractivity contribution in [3.05, 3.63) is 69.8 Å². The molecule has 0 heterocycles. The molecule has 3 rings (SSSR count). The van der Waals surface area contributed by atoms with E-state index in [1.165, 1.54) is 19.2 Å². The molecule has 29 heavy (non-hydrogen) atoms. The molecule has 1 aliphatic carbocycles. The first kappa shape index (κ1) is 21.0. The average Bonchev–Trinajstić information content (AvgIpc) is 2.73. The summed E-state index contributed by atoms with van der Waals surface area (Å²) < 4.78 is 35.4. The first-order chi connectivity index (χ1) is 13.7. The van der Waals surface area contributed by atoms with E-state index in [1.807, 2.05) is 19.1 Å².